The molecule has 0 spiro atoms. The average molecular weight is 358 g/mol. The summed E-state index contributed by atoms with van der Waals surface area (Å²) < 4.78 is -0.256. The molecule has 0 amide bonds. The fourth-order valence-corrected chi connectivity index (χ4v) is 2.97. The Balaban J connectivity index is 0.00000139. The lowest BCUT2D eigenvalue weighted by Crippen LogP contribution is -2.23. The lowest BCUT2D eigenvalue weighted by Gasteiger charge is -2.06. The molecule has 24 heavy (non-hydrogen) atoms. The van der Waals surface area contributed by atoms with Crippen LogP contribution in [0.4, 0.5) is 0 Å². The average Bonchev–Trinajstić information content (AvgIpc) is 2.98. The largest absolute Gasteiger partial charge is 0.514 e. The predicted molar refractivity (Wildman–Crippen MR) is 90.2 cm³/mol. The van der Waals surface area contributed by atoms with Crippen LogP contribution < -0.4 is 9.75 Å². The van der Waals surface area contributed by atoms with Crippen molar-refractivity contribution < 1.29 is 40.9 Å². The van der Waals surface area contributed by atoms with E-state index in [0.717, 1.165) is 6.92 Å². The summed E-state index contributed by atoms with van der Waals surface area (Å²) in [5.74, 6) is -6.11. The normalized spacial score (nSPS) is 14.0. The fourth-order valence-electron chi connectivity index (χ4n) is 1.91. The van der Waals surface area contributed by atoms with Crippen LogP contribution in [0.2, 0.25) is 0 Å². The highest BCUT2D eigenvalue weighted by Gasteiger charge is 2.23. The summed E-state index contributed by atoms with van der Waals surface area (Å²) >= 11 is 0.662. The first-order valence-corrected chi connectivity index (χ1v) is 7.59. The van der Waals surface area contributed by atoms with E-state index in [1.807, 2.05) is 13.8 Å². The van der Waals surface area contributed by atoms with Gasteiger partial charge < -0.3 is 40.9 Å². The molecular weight excluding hydrogens is 340 g/mol. The molecule has 9 heteroatoms. The van der Waals surface area contributed by atoms with Gasteiger partial charge in [0.25, 0.3) is 0 Å². The molecule has 0 saturated heterocycles. The van der Waals surface area contributed by atoms with Gasteiger partial charge in [-0.15, -0.1) is 11.3 Å². The number of aliphatic hydroxyl groups excluding tert-OH is 4. The van der Waals surface area contributed by atoms with Crippen molar-refractivity contribution in [2.45, 2.75) is 20.8 Å². The highest BCUT2D eigenvalue weighted by molar-refractivity contribution is 7.17. The van der Waals surface area contributed by atoms with Crippen molar-refractivity contribution in [3.63, 3.8) is 0 Å². The number of phenolic OH excluding ortho intramolecular Hbond substituents is 4. The van der Waals surface area contributed by atoms with E-state index in [1.165, 1.54) is 0 Å². The van der Waals surface area contributed by atoms with Crippen LogP contribution in [0, 0.1) is 0 Å². The summed E-state index contributed by atoms with van der Waals surface area (Å²) in [6.45, 7) is 5.09. The van der Waals surface area contributed by atoms with E-state index >= 15 is 0 Å². The molecule has 0 saturated carbocycles. The highest BCUT2D eigenvalue weighted by atomic mass is 32.1. The zero-order valence-electron chi connectivity index (χ0n) is 13.1. The van der Waals surface area contributed by atoms with Gasteiger partial charge in [-0.25, -0.2) is 0 Å². The van der Waals surface area contributed by atoms with E-state index in [4.69, 9.17) is 0 Å². The second-order valence-corrected chi connectivity index (χ2v) is 5.40. The van der Waals surface area contributed by atoms with Crippen LogP contribution in [0.25, 0.3) is 22.1 Å². The first kappa shape index (κ1) is 19.1. The van der Waals surface area contributed by atoms with Gasteiger partial charge in [-0.2, -0.15) is 0 Å². The topological polar surface area (TPSA) is 162 Å². The Labute approximate surface area is 140 Å². The minimum Gasteiger partial charge on any atom is -0.514 e. The maximum Gasteiger partial charge on any atom is 0.205 e. The molecule has 0 aliphatic heterocycles. The van der Waals surface area contributed by atoms with Gasteiger partial charge in [-0.05, 0) is 6.92 Å². The molecule has 8 nitrogen and oxygen atoms in total. The standard InChI is InChI=1S/C13H12O8S.C2H6/c1-3(15)7(16)8(17)5-4(2-14)22-13-6(5)9(18)10(19)11(20)12(13)21;1-2/h2,14-21H,1H3;1-2H3/b4-2-,7-3-,8-5-;. The predicted octanol–water partition coefficient (Wildman–Crippen LogP) is 2.06. The van der Waals surface area contributed by atoms with Crippen molar-refractivity contribution in [1.29, 1.82) is 0 Å². The quantitative estimate of drug-likeness (QED) is 0.218. The lowest BCUT2D eigenvalue weighted by atomic mass is 10.1. The molecule has 132 valence electrons. The molecule has 0 fully saturated rings. The fraction of sp³-hybridized carbons (Fsp3) is 0.200. The van der Waals surface area contributed by atoms with E-state index in [2.05, 4.69) is 0 Å². The number of hydrogen-bond acceptors (Lipinski definition) is 9. The third kappa shape index (κ3) is 2.81. The Bertz CT molecular complexity index is 920. The Kier molecular flexibility index (Phi) is 5.64. The number of aliphatic hydroxyl groups is 4. The molecule has 0 unspecified atom stereocenters. The zero-order valence-corrected chi connectivity index (χ0v) is 13.9. The number of phenols is 4. The molecule has 0 bridgehead atoms. The van der Waals surface area contributed by atoms with Crippen LogP contribution in [0.15, 0.2) is 11.5 Å². The molecule has 0 radical (unpaired) electrons. The third-order valence-electron chi connectivity index (χ3n) is 2.98. The summed E-state index contributed by atoms with van der Waals surface area (Å²) in [7, 11) is 0. The number of thiophene rings is 1. The molecule has 1 heterocycles. The molecule has 2 aromatic rings. The van der Waals surface area contributed by atoms with Crippen LogP contribution >= 0.6 is 11.3 Å². The van der Waals surface area contributed by atoms with E-state index in [1.54, 1.807) is 0 Å². The van der Waals surface area contributed by atoms with E-state index < -0.39 is 40.3 Å². The number of aromatic hydroxyl groups is 4. The molecular formula is C15H18O8S. The van der Waals surface area contributed by atoms with Crippen molar-refractivity contribution in [1.82, 2.24) is 0 Å². The molecule has 2 rings (SSSR count). The van der Waals surface area contributed by atoms with Gasteiger partial charge in [0, 0.05) is 0 Å². The summed E-state index contributed by atoms with van der Waals surface area (Å²) in [4.78, 5) is 0. The smallest absolute Gasteiger partial charge is 0.205 e. The van der Waals surface area contributed by atoms with Crippen molar-refractivity contribution in [3.05, 3.63) is 21.3 Å². The maximum atomic E-state index is 10.0. The second-order valence-electron chi connectivity index (χ2n) is 4.35. The van der Waals surface area contributed by atoms with Crippen molar-refractivity contribution in [2.75, 3.05) is 0 Å². The summed E-state index contributed by atoms with van der Waals surface area (Å²) in [5.41, 5.74) is 0. The maximum absolute atomic E-state index is 10.0. The number of hydrogen-bond donors (Lipinski definition) is 8. The van der Waals surface area contributed by atoms with Gasteiger partial charge in [0.1, 0.15) is 5.76 Å². The zero-order chi connectivity index (χ0) is 18.8. The van der Waals surface area contributed by atoms with Crippen LogP contribution in [0.5, 0.6) is 23.0 Å². The van der Waals surface area contributed by atoms with Crippen LogP contribution in [0.3, 0.4) is 0 Å². The van der Waals surface area contributed by atoms with E-state index in [0.29, 0.717) is 17.6 Å². The second kappa shape index (κ2) is 7.09. The highest BCUT2D eigenvalue weighted by Crippen LogP contribution is 2.48. The number of fused-ring (bicyclic) bond motifs is 1. The van der Waals surface area contributed by atoms with Crippen LogP contribution in [-0.4, -0.2) is 40.9 Å². The Morgan fingerprint density at radius 1 is 0.875 bits per heavy atom. The Morgan fingerprint density at radius 2 is 1.38 bits per heavy atom. The third-order valence-corrected chi connectivity index (χ3v) is 4.11. The summed E-state index contributed by atoms with van der Waals surface area (Å²) in [6.07, 6.45) is 0.531. The number of benzene rings is 1. The molecule has 1 aromatic carbocycles. The first-order valence-electron chi connectivity index (χ1n) is 6.77. The van der Waals surface area contributed by atoms with Gasteiger partial charge in [-0.3, -0.25) is 0 Å². The first-order chi connectivity index (χ1) is 11.2. The summed E-state index contributed by atoms with van der Waals surface area (Å²) in [6, 6.07) is 0. The van der Waals surface area contributed by atoms with Crippen molar-refractivity contribution >= 4 is 33.4 Å². The monoisotopic (exact) mass is 358 g/mol. The van der Waals surface area contributed by atoms with Crippen molar-refractivity contribution in [3.8, 4) is 23.0 Å². The number of rotatable bonds is 1. The molecule has 0 aliphatic rings. The Morgan fingerprint density at radius 3 is 1.83 bits per heavy atom. The molecule has 1 aromatic heterocycles. The lowest BCUT2D eigenvalue weighted by molar-refractivity contribution is 0.319. The van der Waals surface area contributed by atoms with Crippen LogP contribution in [-0.2, 0) is 0 Å². The summed E-state index contributed by atoms with van der Waals surface area (Å²) in [5, 5.41) is 76.3. The van der Waals surface area contributed by atoms with Gasteiger partial charge >= 0.3 is 0 Å². The molecule has 0 aliphatic carbocycles. The van der Waals surface area contributed by atoms with Gasteiger partial charge in [0.05, 0.1) is 26.1 Å². The van der Waals surface area contributed by atoms with Gasteiger partial charge in [0.15, 0.2) is 23.0 Å². The van der Waals surface area contributed by atoms with Gasteiger partial charge in [0.2, 0.25) is 11.5 Å². The minimum absolute atomic E-state index is 0.101. The number of allylic oxidation sites excluding steroid dienone is 1. The SMILES string of the molecule is CC.C\C(O)=C(O)/C(O)=c1\c(=C\O)sc2c(O)c(O)c(O)c(O)c12. The van der Waals surface area contributed by atoms with Gasteiger partial charge in [-0.1, -0.05) is 13.8 Å². The molecule has 8 N–H and O–H groups in total. The van der Waals surface area contributed by atoms with Crippen LogP contribution in [0.1, 0.15) is 20.8 Å². The van der Waals surface area contributed by atoms with E-state index in [-0.39, 0.29) is 19.8 Å². The Hall–Kier alpha value is -2.94. The van der Waals surface area contributed by atoms with Crippen molar-refractivity contribution in [2.24, 2.45) is 0 Å². The van der Waals surface area contributed by atoms with E-state index in [9.17, 15) is 40.9 Å². The molecule has 0 atom stereocenters. The minimum atomic E-state index is -1.04.